The van der Waals surface area contributed by atoms with Gasteiger partial charge in [0.25, 0.3) is 0 Å². The highest BCUT2D eigenvalue weighted by Crippen LogP contribution is 2.51. The summed E-state index contributed by atoms with van der Waals surface area (Å²) in [6.07, 6.45) is 0.0170. The van der Waals surface area contributed by atoms with Gasteiger partial charge in [0.05, 0.1) is 36.6 Å². The Labute approximate surface area is 173 Å². The summed E-state index contributed by atoms with van der Waals surface area (Å²) in [5.74, 6) is -4.82. The van der Waals surface area contributed by atoms with Gasteiger partial charge in [-0.1, -0.05) is 28.1 Å². The first kappa shape index (κ1) is 22.6. The molecule has 0 unspecified atom stereocenters. The maximum absolute atomic E-state index is 12.9. The number of ketones is 1. The van der Waals surface area contributed by atoms with Gasteiger partial charge in [-0.3, -0.25) is 14.4 Å². The van der Waals surface area contributed by atoms with Crippen molar-refractivity contribution in [3.63, 3.8) is 0 Å². The van der Waals surface area contributed by atoms with Gasteiger partial charge in [-0.05, 0) is 51.8 Å². The topological polar surface area (TPSA) is 89.9 Å². The Morgan fingerprint density at radius 2 is 1.79 bits per heavy atom. The molecular weight excluding hydrogens is 428 g/mol. The number of aliphatic hydroxyl groups is 1. The number of esters is 2. The number of halogens is 1. The Hall–Kier alpha value is -1.73. The number of ether oxygens (including phenoxy) is 2. The highest BCUT2D eigenvalue weighted by molar-refractivity contribution is 9.10. The molecule has 0 amide bonds. The van der Waals surface area contributed by atoms with Gasteiger partial charge in [-0.2, -0.15) is 0 Å². The zero-order chi connectivity index (χ0) is 21.1. The normalized spacial score (nSPS) is 29.8. The van der Waals surface area contributed by atoms with Crippen LogP contribution in [0.3, 0.4) is 0 Å². The predicted molar refractivity (Wildman–Crippen MR) is 107 cm³/mol. The van der Waals surface area contributed by atoms with E-state index in [-0.39, 0.29) is 25.4 Å². The molecule has 0 saturated heterocycles. The molecule has 1 aliphatic carbocycles. The second-order valence-electron chi connectivity index (χ2n) is 7.37. The van der Waals surface area contributed by atoms with Gasteiger partial charge < -0.3 is 14.6 Å². The molecule has 7 heteroatoms. The van der Waals surface area contributed by atoms with Crippen LogP contribution in [0.4, 0.5) is 0 Å². The van der Waals surface area contributed by atoms with E-state index in [4.69, 9.17) is 9.47 Å². The second kappa shape index (κ2) is 9.18. The lowest BCUT2D eigenvalue weighted by atomic mass is 9.57. The van der Waals surface area contributed by atoms with E-state index < -0.39 is 41.2 Å². The predicted octanol–water partition coefficient (Wildman–Crippen LogP) is 3.25. The van der Waals surface area contributed by atoms with Crippen molar-refractivity contribution >= 4 is 33.7 Å². The zero-order valence-electron chi connectivity index (χ0n) is 16.6. The molecule has 0 spiro atoms. The molecule has 1 saturated carbocycles. The van der Waals surface area contributed by atoms with E-state index in [1.165, 1.54) is 13.8 Å². The average molecular weight is 455 g/mol. The van der Waals surface area contributed by atoms with Gasteiger partial charge >= 0.3 is 11.9 Å². The molecular formula is C21H27BrO6. The number of Topliss-reactive ketones (excluding diaryl/α,β-unsaturated/α-hetero) is 1. The van der Waals surface area contributed by atoms with Gasteiger partial charge in [-0.15, -0.1) is 0 Å². The van der Waals surface area contributed by atoms with Crippen molar-refractivity contribution in [2.75, 3.05) is 13.2 Å². The molecule has 0 aromatic heterocycles. The first-order valence-electron chi connectivity index (χ1n) is 9.45. The summed E-state index contributed by atoms with van der Waals surface area (Å²) in [7, 11) is 0. The summed E-state index contributed by atoms with van der Waals surface area (Å²) >= 11 is 3.42. The fourth-order valence-corrected chi connectivity index (χ4v) is 4.81. The largest absolute Gasteiger partial charge is 0.466 e. The van der Waals surface area contributed by atoms with Gasteiger partial charge in [0, 0.05) is 10.4 Å². The third-order valence-corrected chi connectivity index (χ3v) is 5.80. The van der Waals surface area contributed by atoms with E-state index in [2.05, 4.69) is 15.9 Å². The van der Waals surface area contributed by atoms with Crippen LogP contribution in [0.15, 0.2) is 28.7 Å². The number of rotatable bonds is 6. The molecule has 5 atom stereocenters. The molecule has 0 heterocycles. The summed E-state index contributed by atoms with van der Waals surface area (Å²) in [5.41, 5.74) is -0.823. The molecule has 28 heavy (non-hydrogen) atoms. The maximum Gasteiger partial charge on any atom is 0.310 e. The first-order valence-corrected chi connectivity index (χ1v) is 10.2. The summed E-state index contributed by atoms with van der Waals surface area (Å²) in [5, 5.41) is 11.1. The Kier molecular flexibility index (Phi) is 7.39. The monoisotopic (exact) mass is 454 g/mol. The van der Waals surface area contributed by atoms with Crippen LogP contribution in [-0.4, -0.2) is 41.6 Å². The van der Waals surface area contributed by atoms with Crippen LogP contribution < -0.4 is 0 Å². The molecule has 2 rings (SSSR count). The Bertz CT molecular complexity index is 744. The smallest absolute Gasteiger partial charge is 0.310 e. The highest BCUT2D eigenvalue weighted by atomic mass is 79.9. The number of hydrogen-bond donors (Lipinski definition) is 1. The lowest BCUT2D eigenvalue weighted by Crippen LogP contribution is -2.56. The van der Waals surface area contributed by atoms with Gasteiger partial charge in [0.15, 0.2) is 0 Å². The minimum Gasteiger partial charge on any atom is -0.466 e. The SMILES string of the molecule is CCOC(=O)[C@H]1[C@H](c2cccc(Br)c2)[C@H](C(=O)OCC)C[C@](C)(O)[C@@H]1C(C)=O. The molecule has 1 aromatic carbocycles. The third kappa shape index (κ3) is 4.63. The lowest BCUT2D eigenvalue weighted by Gasteiger charge is -2.47. The Balaban J connectivity index is 2.68. The summed E-state index contributed by atoms with van der Waals surface area (Å²) in [6.45, 7) is 6.55. The van der Waals surface area contributed by atoms with Crippen LogP contribution in [0.5, 0.6) is 0 Å². The zero-order valence-corrected chi connectivity index (χ0v) is 18.2. The molecule has 0 aliphatic heterocycles. The fourth-order valence-electron chi connectivity index (χ4n) is 4.39. The minimum absolute atomic E-state index is 0.0170. The molecule has 1 aliphatic rings. The van der Waals surface area contributed by atoms with Crippen LogP contribution in [0.2, 0.25) is 0 Å². The van der Waals surface area contributed by atoms with E-state index in [1.807, 2.05) is 18.2 Å². The van der Waals surface area contributed by atoms with Crippen LogP contribution in [-0.2, 0) is 23.9 Å². The second-order valence-corrected chi connectivity index (χ2v) is 8.28. The highest BCUT2D eigenvalue weighted by Gasteiger charge is 2.57. The third-order valence-electron chi connectivity index (χ3n) is 5.30. The number of carbonyl (C=O) groups excluding carboxylic acids is 3. The van der Waals surface area contributed by atoms with Crippen molar-refractivity contribution in [1.29, 1.82) is 0 Å². The molecule has 0 radical (unpaired) electrons. The molecule has 1 N–H and O–H groups in total. The Morgan fingerprint density at radius 1 is 1.18 bits per heavy atom. The van der Waals surface area contributed by atoms with Crippen molar-refractivity contribution in [2.45, 2.75) is 45.6 Å². The fraction of sp³-hybridized carbons (Fsp3) is 0.571. The molecule has 1 fully saturated rings. The maximum atomic E-state index is 12.9. The van der Waals surface area contributed by atoms with E-state index in [0.717, 1.165) is 4.47 Å². The van der Waals surface area contributed by atoms with Crippen molar-refractivity contribution in [3.05, 3.63) is 34.3 Å². The van der Waals surface area contributed by atoms with Crippen LogP contribution in [0.25, 0.3) is 0 Å². The lowest BCUT2D eigenvalue weighted by molar-refractivity contribution is -0.176. The van der Waals surface area contributed by atoms with Crippen LogP contribution in [0, 0.1) is 17.8 Å². The van der Waals surface area contributed by atoms with Crippen LogP contribution in [0.1, 0.15) is 45.6 Å². The van der Waals surface area contributed by atoms with E-state index in [0.29, 0.717) is 5.56 Å². The van der Waals surface area contributed by atoms with E-state index in [1.54, 1.807) is 19.9 Å². The van der Waals surface area contributed by atoms with E-state index >= 15 is 0 Å². The Morgan fingerprint density at radius 3 is 2.32 bits per heavy atom. The van der Waals surface area contributed by atoms with Gasteiger partial charge in [-0.25, -0.2) is 0 Å². The first-order chi connectivity index (χ1) is 13.1. The van der Waals surface area contributed by atoms with Gasteiger partial charge in [0.1, 0.15) is 5.78 Å². The molecule has 154 valence electrons. The summed E-state index contributed by atoms with van der Waals surface area (Å²) in [4.78, 5) is 38.2. The van der Waals surface area contributed by atoms with E-state index in [9.17, 15) is 19.5 Å². The summed E-state index contributed by atoms with van der Waals surface area (Å²) < 4.78 is 11.3. The van der Waals surface area contributed by atoms with Crippen molar-refractivity contribution in [3.8, 4) is 0 Å². The van der Waals surface area contributed by atoms with Crippen molar-refractivity contribution in [2.24, 2.45) is 17.8 Å². The van der Waals surface area contributed by atoms with Crippen LogP contribution >= 0.6 is 15.9 Å². The van der Waals surface area contributed by atoms with Gasteiger partial charge in [0.2, 0.25) is 0 Å². The minimum atomic E-state index is -1.54. The summed E-state index contributed by atoms with van der Waals surface area (Å²) in [6, 6.07) is 7.27. The molecule has 0 bridgehead atoms. The average Bonchev–Trinajstić information content (AvgIpc) is 2.60. The molecule has 6 nitrogen and oxygen atoms in total. The van der Waals surface area contributed by atoms with Crippen molar-refractivity contribution in [1.82, 2.24) is 0 Å². The number of carbonyl (C=O) groups is 3. The number of benzene rings is 1. The number of hydrogen-bond acceptors (Lipinski definition) is 6. The quantitative estimate of drug-likeness (QED) is 0.663. The standard InChI is InChI=1S/C21H27BrO6/c1-5-27-19(24)15-11-21(4,26)18(12(3)23)17(20(25)28-6-2)16(15)13-8-7-9-14(22)10-13/h7-10,15-18,26H,5-6,11H2,1-4H3/t15-,16-,17+,18-,21+/m1/s1. The van der Waals surface area contributed by atoms with Crippen molar-refractivity contribution < 1.29 is 29.0 Å². The molecule has 1 aromatic rings.